The Bertz CT molecular complexity index is 592. The van der Waals surface area contributed by atoms with E-state index < -0.39 is 6.10 Å². The monoisotopic (exact) mass is 286 g/mol. The van der Waals surface area contributed by atoms with Crippen molar-refractivity contribution < 1.29 is 9.84 Å². The van der Waals surface area contributed by atoms with Crippen molar-refractivity contribution in [3.63, 3.8) is 0 Å². The minimum atomic E-state index is -0.622. The molecule has 0 saturated carbocycles. The zero-order chi connectivity index (χ0) is 13.9. The summed E-state index contributed by atoms with van der Waals surface area (Å²) < 4.78 is 5.67. The van der Waals surface area contributed by atoms with E-state index >= 15 is 0 Å². The maximum absolute atomic E-state index is 10.6. The third kappa shape index (κ3) is 2.56. The zero-order valence-corrected chi connectivity index (χ0v) is 12.3. The summed E-state index contributed by atoms with van der Waals surface area (Å²) in [5.74, 6) is 1.93. The highest BCUT2D eigenvalue weighted by Crippen LogP contribution is 2.36. The van der Waals surface area contributed by atoms with E-state index in [2.05, 4.69) is 25.1 Å². The Morgan fingerprint density at radius 3 is 2.75 bits per heavy atom. The highest BCUT2D eigenvalue weighted by atomic mass is 32.2. The standard InChI is InChI=1S/C17H18O2S/c1-2-20-14-8-6-12(7-9-14)16(18)15-5-3-4-13-10-11-19-17(13)15/h3-9,16,18H,2,10-11H2,1H3. The van der Waals surface area contributed by atoms with E-state index in [4.69, 9.17) is 4.74 Å². The van der Waals surface area contributed by atoms with Gasteiger partial charge in [-0.3, -0.25) is 0 Å². The number of benzene rings is 2. The lowest BCUT2D eigenvalue weighted by Gasteiger charge is -2.15. The van der Waals surface area contributed by atoms with E-state index in [0.29, 0.717) is 6.61 Å². The molecule has 20 heavy (non-hydrogen) atoms. The van der Waals surface area contributed by atoms with Crippen LogP contribution < -0.4 is 4.74 Å². The van der Waals surface area contributed by atoms with Gasteiger partial charge in [0.1, 0.15) is 11.9 Å². The minimum Gasteiger partial charge on any atom is -0.493 e. The third-order valence-corrected chi connectivity index (χ3v) is 4.44. The SMILES string of the molecule is CCSc1ccc(C(O)c2cccc3c2OCC3)cc1. The summed E-state index contributed by atoms with van der Waals surface area (Å²) in [5.41, 5.74) is 2.98. The van der Waals surface area contributed by atoms with Gasteiger partial charge in [0.15, 0.2) is 0 Å². The minimum absolute atomic E-state index is 0.622. The number of aliphatic hydroxyl groups excluding tert-OH is 1. The Balaban J connectivity index is 1.89. The van der Waals surface area contributed by atoms with Crippen molar-refractivity contribution in [3.8, 4) is 5.75 Å². The van der Waals surface area contributed by atoms with Gasteiger partial charge in [-0.25, -0.2) is 0 Å². The van der Waals surface area contributed by atoms with Crippen LogP contribution in [0.1, 0.15) is 29.7 Å². The van der Waals surface area contributed by atoms with Gasteiger partial charge in [0.05, 0.1) is 6.61 Å². The fraction of sp³-hybridized carbons (Fsp3) is 0.294. The Hall–Kier alpha value is -1.45. The number of ether oxygens (including phenoxy) is 1. The predicted molar refractivity (Wildman–Crippen MR) is 82.5 cm³/mol. The van der Waals surface area contributed by atoms with Crippen molar-refractivity contribution in [2.45, 2.75) is 24.3 Å². The lowest BCUT2D eigenvalue weighted by molar-refractivity contribution is 0.213. The first-order valence-corrected chi connectivity index (χ1v) is 7.93. The van der Waals surface area contributed by atoms with Gasteiger partial charge < -0.3 is 9.84 Å². The largest absolute Gasteiger partial charge is 0.493 e. The Morgan fingerprint density at radius 2 is 2.00 bits per heavy atom. The number of aliphatic hydroxyl groups is 1. The molecule has 1 aliphatic rings. The van der Waals surface area contributed by atoms with Crippen molar-refractivity contribution in [3.05, 3.63) is 59.2 Å². The van der Waals surface area contributed by atoms with Crippen molar-refractivity contribution in [2.24, 2.45) is 0 Å². The summed E-state index contributed by atoms with van der Waals surface area (Å²) in [4.78, 5) is 1.23. The summed E-state index contributed by atoms with van der Waals surface area (Å²) in [6, 6.07) is 14.1. The third-order valence-electron chi connectivity index (χ3n) is 3.55. The van der Waals surface area contributed by atoms with Crippen LogP contribution in [0, 0.1) is 0 Å². The first-order valence-electron chi connectivity index (χ1n) is 6.95. The van der Waals surface area contributed by atoms with Crippen LogP contribution in [-0.4, -0.2) is 17.5 Å². The van der Waals surface area contributed by atoms with Gasteiger partial charge in [-0.05, 0) is 29.0 Å². The molecule has 0 aromatic heterocycles. The molecule has 104 valence electrons. The molecule has 1 atom stereocenters. The van der Waals surface area contributed by atoms with Crippen LogP contribution >= 0.6 is 11.8 Å². The Labute approximate surface area is 123 Å². The molecule has 0 saturated heterocycles. The molecule has 0 radical (unpaired) electrons. The Kier molecular flexibility index (Phi) is 3.99. The summed E-state index contributed by atoms with van der Waals surface area (Å²) in [6.45, 7) is 2.85. The van der Waals surface area contributed by atoms with Gasteiger partial charge in [0, 0.05) is 16.9 Å². The molecular formula is C17H18O2S. The van der Waals surface area contributed by atoms with Crippen LogP contribution in [0.25, 0.3) is 0 Å². The predicted octanol–water partition coefficient (Wildman–Crippen LogP) is 3.82. The molecule has 0 fully saturated rings. The van der Waals surface area contributed by atoms with E-state index in [1.807, 2.05) is 24.3 Å². The number of hydrogen-bond acceptors (Lipinski definition) is 3. The van der Waals surface area contributed by atoms with Crippen LogP contribution in [0.4, 0.5) is 0 Å². The van der Waals surface area contributed by atoms with Gasteiger partial charge in [0.25, 0.3) is 0 Å². The molecular weight excluding hydrogens is 268 g/mol. The van der Waals surface area contributed by atoms with E-state index in [1.54, 1.807) is 11.8 Å². The summed E-state index contributed by atoms with van der Waals surface area (Å²) in [5, 5.41) is 10.6. The van der Waals surface area contributed by atoms with E-state index in [0.717, 1.165) is 29.1 Å². The van der Waals surface area contributed by atoms with Gasteiger partial charge in [0.2, 0.25) is 0 Å². The molecule has 1 aliphatic heterocycles. The van der Waals surface area contributed by atoms with E-state index in [9.17, 15) is 5.11 Å². The molecule has 2 nitrogen and oxygen atoms in total. The molecule has 1 N–H and O–H groups in total. The average Bonchev–Trinajstić information content (AvgIpc) is 2.96. The second kappa shape index (κ2) is 5.90. The molecule has 0 aliphatic carbocycles. The molecule has 1 unspecified atom stereocenters. The highest BCUT2D eigenvalue weighted by Gasteiger charge is 2.21. The molecule has 3 rings (SSSR count). The lowest BCUT2D eigenvalue weighted by Crippen LogP contribution is -2.02. The molecule has 0 amide bonds. The first-order chi connectivity index (χ1) is 9.79. The van der Waals surface area contributed by atoms with Crippen LogP contribution in [0.3, 0.4) is 0 Å². The molecule has 0 spiro atoms. The quantitative estimate of drug-likeness (QED) is 0.867. The maximum Gasteiger partial charge on any atom is 0.128 e. The number of fused-ring (bicyclic) bond motifs is 1. The van der Waals surface area contributed by atoms with E-state index in [1.165, 1.54) is 10.5 Å². The van der Waals surface area contributed by atoms with Crippen LogP contribution in [-0.2, 0) is 6.42 Å². The smallest absolute Gasteiger partial charge is 0.128 e. The number of hydrogen-bond donors (Lipinski definition) is 1. The van der Waals surface area contributed by atoms with Gasteiger partial charge in [-0.15, -0.1) is 11.8 Å². The van der Waals surface area contributed by atoms with Crippen LogP contribution in [0.5, 0.6) is 5.75 Å². The normalized spacial score (nSPS) is 14.7. The van der Waals surface area contributed by atoms with Crippen molar-refractivity contribution in [2.75, 3.05) is 12.4 Å². The van der Waals surface area contributed by atoms with Gasteiger partial charge >= 0.3 is 0 Å². The van der Waals surface area contributed by atoms with Gasteiger partial charge in [-0.1, -0.05) is 37.3 Å². The van der Waals surface area contributed by atoms with Gasteiger partial charge in [-0.2, -0.15) is 0 Å². The van der Waals surface area contributed by atoms with Crippen molar-refractivity contribution in [1.82, 2.24) is 0 Å². The summed E-state index contributed by atoms with van der Waals surface area (Å²) in [7, 11) is 0. The zero-order valence-electron chi connectivity index (χ0n) is 11.5. The van der Waals surface area contributed by atoms with Crippen molar-refractivity contribution in [1.29, 1.82) is 0 Å². The first kappa shape index (κ1) is 13.5. The number of thioether (sulfide) groups is 1. The van der Waals surface area contributed by atoms with Crippen LogP contribution in [0.2, 0.25) is 0 Å². The lowest BCUT2D eigenvalue weighted by atomic mass is 9.98. The molecule has 1 heterocycles. The fourth-order valence-electron chi connectivity index (χ4n) is 2.55. The van der Waals surface area contributed by atoms with E-state index in [-0.39, 0.29) is 0 Å². The molecule has 2 aromatic carbocycles. The second-order valence-electron chi connectivity index (χ2n) is 4.84. The average molecular weight is 286 g/mol. The molecule has 2 aromatic rings. The molecule has 0 bridgehead atoms. The maximum atomic E-state index is 10.6. The number of rotatable bonds is 4. The topological polar surface area (TPSA) is 29.5 Å². The summed E-state index contributed by atoms with van der Waals surface area (Å²) in [6.07, 6.45) is 0.311. The number of para-hydroxylation sites is 1. The second-order valence-corrected chi connectivity index (χ2v) is 6.18. The van der Waals surface area contributed by atoms with Crippen molar-refractivity contribution >= 4 is 11.8 Å². The molecule has 3 heteroatoms. The summed E-state index contributed by atoms with van der Waals surface area (Å²) >= 11 is 1.81. The fourth-order valence-corrected chi connectivity index (χ4v) is 3.21. The Morgan fingerprint density at radius 1 is 1.20 bits per heavy atom. The highest BCUT2D eigenvalue weighted by molar-refractivity contribution is 7.99. The van der Waals surface area contributed by atoms with Crippen LogP contribution in [0.15, 0.2) is 47.4 Å².